The van der Waals surface area contributed by atoms with E-state index in [-0.39, 0.29) is 10.8 Å². The molecule has 6 heteroatoms. The lowest BCUT2D eigenvalue weighted by Gasteiger charge is -2.32. The quantitative estimate of drug-likeness (QED) is 0.853. The van der Waals surface area contributed by atoms with Crippen molar-refractivity contribution in [3.8, 4) is 0 Å². The van der Waals surface area contributed by atoms with E-state index >= 15 is 0 Å². The second kappa shape index (κ2) is 6.21. The van der Waals surface area contributed by atoms with E-state index in [4.69, 9.17) is 11.6 Å². The summed E-state index contributed by atoms with van der Waals surface area (Å²) in [7, 11) is 0. The summed E-state index contributed by atoms with van der Waals surface area (Å²) < 4.78 is 15.6. The van der Waals surface area contributed by atoms with Crippen LogP contribution in [-0.2, 0) is 6.54 Å². The zero-order valence-corrected chi connectivity index (χ0v) is 13.7. The molecule has 1 saturated heterocycles. The molecule has 122 valence electrons. The number of benzene rings is 1. The van der Waals surface area contributed by atoms with Crippen LogP contribution in [0.5, 0.6) is 0 Å². The van der Waals surface area contributed by atoms with Crippen molar-refractivity contribution in [3.05, 3.63) is 46.8 Å². The molecule has 2 heterocycles. The molecule has 1 aliphatic heterocycles. The number of piperidine rings is 1. The molecule has 23 heavy (non-hydrogen) atoms. The van der Waals surface area contributed by atoms with Gasteiger partial charge in [0.2, 0.25) is 0 Å². The van der Waals surface area contributed by atoms with Crippen LogP contribution in [0, 0.1) is 5.82 Å². The molecule has 0 N–H and O–H groups in total. The maximum atomic E-state index is 13.3. The highest BCUT2D eigenvalue weighted by Gasteiger charge is 2.31. The zero-order valence-electron chi connectivity index (χ0n) is 13.0. The third kappa shape index (κ3) is 3.26. The minimum absolute atomic E-state index is 0.199. The Hall–Kier alpha value is -1.46. The van der Waals surface area contributed by atoms with E-state index in [1.54, 1.807) is 6.07 Å². The van der Waals surface area contributed by atoms with Gasteiger partial charge >= 0.3 is 0 Å². The monoisotopic (exact) mass is 334 g/mol. The van der Waals surface area contributed by atoms with Gasteiger partial charge in [-0.3, -0.25) is 4.90 Å². The largest absolute Gasteiger partial charge is 0.314 e. The third-order valence-electron chi connectivity index (χ3n) is 4.80. The topological polar surface area (TPSA) is 34.0 Å². The molecule has 0 spiro atoms. The van der Waals surface area contributed by atoms with Crippen molar-refractivity contribution in [1.82, 2.24) is 19.7 Å². The number of rotatable bonds is 4. The number of nitrogens with zero attached hydrogens (tertiary/aromatic N) is 4. The van der Waals surface area contributed by atoms with Gasteiger partial charge in [-0.05, 0) is 49.9 Å². The number of halogens is 2. The molecule has 1 aromatic heterocycles. The van der Waals surface area contributed by atoms with E-state index in [0.717, 1.165) is 43.9 Å². The van der Waals surface area contributed by atoms with Gasteiger partial charge in [0, 0.05) is 25.0 Å². The Labute approximate surface area is 140 Å². The number of hydrogen-bond acceptors (Lipinski definition) is 3. The summed E-state index contributed by atoms with van der Waals surface area (Å²) in [6.45, 7) is 2.83. The summed E-state index contributed by atoms with van der Waals surface area (Å²) in [6, 6.07) is 5.61. The summed E-state index contributed by atoms with van der Waals surface area (Å²) >= 11 is 5.89. The number of likely N-dealkylation sites (tertiary alicyclic amines) is 1. The molecule has 2 fully saturated rings. The summed E-state index contributed by atoms with van der Waals surface area (Å²) in [5.41, 5.74) is 1.06. The molecular formula is C17H20ClFN4. The molecule has 1 aromatic carbocycles. The molecule has 1 aliphatic carbocycles. The maximum absolute atomic E-state index is 13.3. The first kappa shape index (κ1) is 15.1. The lowest BCUT2D eigenvalue weighted by atomic mass is 9.96. The lowest BCUT2D eigenvalue weighted by Crippen LogP contribution is -2.34. The SMILES string of the molecule is Fc1ccc(CN2CCCC(c3nncn3C3CC3)C2)cc1Cl. The van der Waals surface area contributed by atoms with Crippen LogP contribution < -0.4 is 0 Å². The average molecular weight is 335 g/mol. The van der Waals surface area contributed by atoms with Crippen molar-refractivity contribution >= 4 is 11.6 Å². The van der Waals surface area contributed by atoms with E-state index in [2.05, 4.69) is 19.7 Å². The minimum Gasteiger partial charge on any atom is -0.314 e. The predicted molar refractivity (Wildman–Crippen MR) is 87.0 cm³/mol. The fourth-order valence-electron chi connectivity index (χ4n) is 3.48. The summed E-state index contributed by atoms with van der Waals surface area (Å²) in [4.78, 5) is 2.41. The van der Waals surface area contributed by atoms with Gasteiger partial charge < -0.3 is 4.57 Å². The molecule has 1 unspecified atom stereocenters. The average Bonchev–Trinajstić information content (AvgIpc) is 3.28. The van der Waals surface area contributed by atoms with Crippen LogP contribution in [0.25, 0.3) is 0 Å². The van der Waals surface area contributed by atoms with Crippen molar-refractivity contribution in [2.75, 3.05) is 13.1 Å². The fourth-order valence-corrected chi connectivity index (χ4v) is 3.69. The van der Waals surface area contributed by atoms with Gasteiger partial charge in [-0.25, -0.2) is 4.39 Å². The van der Waals surface area contributed by atoms with Crippen LogP contribution in [0.1, 0.15) is 49.0 Å². The summed E-state index contributed by atoms with van der Waals surface area (Å²) in [6.07, 6.45) is 6.68. The standard InChI is InChI=1S/C17H20ClFN4/c18-15-8-12(3-6-16(15)19)9-22-7-1-2-13(10-22)17-21-20-11-23(17)14-4-5-14/h3,6,8,11,13-14H,1-2,4-5,7,9-10H2. The van der Waals surface area contributed by atoms with Gasteiger partial charge in [0.05, 0.1) is 5.02 Å². The van der Waals surface area contributed by atoms with Crippen LogP contribution in [0.15, 0.2) is 24.5 Å². The van der Waals surface area contributed by atoms with Crippen LogP contribution in [-0.4, -0.2) is 32.8 Å². The van der Waals surface area contributed by atoms with Crippen molar-refractivity contribution in [2.45, 2.75) is 44.2 Å². The molecule has 2 aromatic rings. The van der Waals surface area contributed by atoms with E-state index < -0.39 is 0 Å². The minimum atomic E-state index is -0.357. The Bertz CT molecular complexity index is 698. The zero-order chi connectivity index (χ0) is 15.8. The number of aromatic nitrogens is 3. The third-order valence-corrected chi connectivity index (χ3v) is 5.09. The van der Waals surface area contributed by atoms with E-state index in [1.807, 2.05) is 12.4 Å². The Balaban J connectivity index is 1.46. The van der Waals surface area contributed by atoms with Gasteiger partial charge in [0.1, 0.15) is 18.0 Å². The molecule has 0 amide bonds. The molecule has 0 bridgehead atoms. The fraction of sp³-hybridized carbons (Fsp3) is 0.529. The van der Waals surface area contributed by atoms with E-state index in [9.17, 15) is 4.39 Å². The molecular weight excluding hydrogens is 315 g/mol. The molecule has 1 saturated carbocycles. The second-order valence-electron chi connectivity index (χ2n) is 6.65. The van der Waals surface area contributed by atoms with Crippen molar-refractivity contribution < 1.29 is 4.39 Å². The Morgan fingerprint density at radius 2 is 2.13 bits per heavy atom. The van der Waals surface area contributed by atoms with Crippen LogP contribution in [0.2, 0.25) is 5.02 Å². The first-order valence-corrected chi connectivity index (χ1v) is 8.64. The molecule has 2 aliphatic rings. The second-order valence-corrected chi connectivity index (χ2v) is 7.06. The molecule has 1 atom stereocenters. The highest BCUT2D eigenvalue weighted by Crippen LogP contribution is 2.38. The van der Waals surface area contributed by atoms with Gasteiger partial charge in [-0.2, -0.15) is 0 Å². The molecule has 4 nitrogen and oxygen atoms in total. The van der Waals surface area contributed by atoms with Gasteiger partial charge in [0.15, 0.2) is 0 Å². The van der Waals surface area contributed by atoms with Crippen molar-refractivity contribution in [3.63, 3.8) is 0 Å². The van der Waals surface area contributed by atoms with E-state index in [1.165, 1.54) is 18.9 Å². The summed E-state index contributed by atoms with van der Waals surface area (Å²) in [5.74, 6) is 1.21. The lowest BCUT2D eigenvalue weighted by molar-refractivity contribution is 0.194. The Morgan fingerprint density at radius 1 is 1.26 bits per heavy atom. The first-order valence-electron chi connectivity index (χ1n) is 8.26. The highest BCUT2D eigenvalue weighted by atomic mass is 35.5. The smallest absolute Gasteiger partial charge is 0.141 e. The first-order chi connectivity index (χ1) is 11.2. The van der Waals surface area contributed by atoms with E-state index in [0.29, 0.717) is 12.0 Å². The maximum Gasteiger partial charge on any atom is 0.141 e. The van der Waals surface area contributed by atoms with Crippen molar-refractivity contribution in [1.29, 1.82) is 0 Å². The Morgan fingerprint density at radius 3 is 2.91 bits per heavy atom. The van der Waals surface area contributed by atoms with Crippen LogP contribution >= 0.6 is 11.6 Å². The normalized spacial score (nSPS) is 22.4. The predicted octanol–water partition coefficient (Wildman–Crippen LogP) is 3.79. The van der Waals surface area contributed by atoms with Crippen LogP contribution in [0.4, 0.5) is 4.39 Å². The van der Waals surface area contributed by atoms with Crippen molar-refractivity contribution in [2.24, 2.45) is 0 Å². The van der Waals surface area contributed by atoms with Crippen LogP contribution in [0.3, 0.4) is 0 Å². The van der Waals surface area contributed by atoms with Gasteiger partial charge in [-0.1, -0.05) is 17.7 Å². The molecule has 0 radical (unpaired) electrons. The van der Waals surface area contributed by atoms with Gasteiger partial charge in [-0.15, -0.1) is 10.2 Å². The van der Waals surface area contributed by atoms with Gasteiger partial charge in [0.25, 0.3) is 0 Å². The highest BCUT2D eigenvalue weighted by molar-refractivity contribution is 6.30. The number of hydrogen-bond donors (Lipinski definition) is 0. The Kier molecular flexibility index (Phi) is 4.07. The molecule has 4 rings (SSSR count). The summed E-state index contributed by atoms with van der Waals surface area (Å²) in [5, 5.41) is 8.71.